The van der Waals surface area contributed by atoms with Crippen molar-refractivity contribution in [3.63, 3.8) is 0 Å². The van der Waals surface area contributed by atoms with Gasteiger partial charge in [-0.15, -0.1) is 6.58 Å². The molecule has 0 bridgehead atoms. The van der Waals surface area contributed by atoms with E-state index in [4.69, 9.17) is 0 Å². The Morgan fingerprint density at radius 3 is 2.08 bits per heavy atom. The van der Waals surface area contributed by atoms with Crippen molar-refractivity contribution in [2.24, 2.45) is 11.8 Å². The lowest BCUT2D eigenvalue weighted by atomic mass is 10.00. The zero-order valence-electron chi connectivity index (χ0n) is 16.6. The van der Waals surface area contributed by atoms with E-state index >= 15 is 0 Å². The maximum Gasteiger partial charge on any atom is 0.0744 e. The van der Waals surface area contributed by atoms with Gasteiger partial charge in [0.05, 0.1) is 6.04 Å². The molecule has 1 unspecified atom stereocenters. The van der Waals surface area contributed by atoms with Gasteiger partial charge in [0.2, 0.25) is 0 Å². The van der Waals surface area contributed by atoms with Crippen LogP contribution < -0.4 is 0 Å². The molecule has 136 valence electrons. The third kappa shape index (κ3) is 5.90. The van der Waals surface area contributed by atoms with Crippen LogP contribution in [0.3, 0.4) is 0 Å². The van der Waals surface area contributed by atoms with Gasteiger partial charge in [-0.2, -0.15) is 0 Å². The Morgan fingerprint density at radius 1 is 0.923 bits per heavy atom. The number of rotatable bonds is 7. The van der Waals surface area contributed by atoms with E-state index in [9.17, 15) is 0 Å². The van der Waals surface area contributed by atoms with Crippen molar-refractivity contribution in [2.75, 3.05) is 13.1 Å². The van der Waals surface area contributed by atoms with Gasteiger partial charge in [-0.3, -0.25) is 4.90 Å². The molecule has 0 fully saturated rings. The first-order valence-corrected chi connectivity index (χ1v) is 9.53. The summed E-state index contributed by atoms with van der Waals surface area (Å²) in [7, 11) is 0. The summed E-state index contributed by atoms with van der Waals surface area (Å²) in [5.41, 5.74) is 3.53. The highest BCUT2D eigenvalue weighted by Gasteiger charge is 2.19. The largest absolute Gasteiger partial charge is 0.286 e. The molecule has 1 heteroatoms. The van der Waals surface area contributed by atoms with Crippen LogP contribution in [0.1, 0.15) is 33.3 Å². The van der Waals surface area contributed by atoms with Gasteiger partial charge >= 0.3 is 0 Å². The molecule has 26 heavy (non-hydrogen) atoms. The van der Waals surface area contributed by atoms with Gasteiger partial charge in [-0.1, -0.05) is 88.1 Å². The van der Waals surface area contributed by atoms with Crippen LogP contribution in [-0.4, -0.2) is 24.0 Å². The van der Waals surface area contributed by atoms with Crippen LogP contribution in [0.25, 0.3) is 11.1 Å². The predicted octanol–water partition coefficient (Wildman–Crippen LogP) is 5.87. The molecule has 0 saturated carbocycles. The molecule has 0 aromatic heterocycles. The van der Waals surface area contributed by atoms with Crippen LogP contribution in [0.4, 0.5) is 0 Å². The second kappa shape index (κ2) is 10.00. The molecule has 0 aliphatic rings. The maximum atomic E-state index is 3.92. The molecular formula is C25H31N. The Bertz CT molecular complexity index is 729. The molecule has 1 atom stereocenters. The van der Waals surface area contributed by atoms with Crippen LogP contribution in [-0.2, 0) is 0 Å². The van der Waals surface area contributed by atoms with Crippen molar-refractivity contribution in [3.05, 3.63) is 72.8 Å². The van der Waals surface area contributed by atoms with Crippen molar-refractivity contribution in [3.8, 4) is 23.0 Å². The van der Waals surface area contributed by atoms with Crippen LogP contribution in [0.2, 0.25) is 0 Å². The van der Waals surface area contributed by atoms with Gasteiger partial charge in [0.25, 0.3) is 0 Å². The number of nitrogens with zero attached hydrogens (tertiary/aromatic N) is 1. The summed E-state index contributed by atoms with van der Waals surface area (Å²) in [4.78, 5) is 2.44. The first-order chi connectivity index (χ1) is 12.5. The summed E-state index contributed by atoms with van der Waals surface area (Å²) in [6.07, 6.45) is 1.98. The zero-order valence-corrected chi connectivity index (χ0v) is 16.6. The molecular weight excluding hydrogens is 314 g/mol. The van der Waals surface area contributed by atoms with Crippen LogP contribution in [0.5, 0.6) is 0 Å². The SMILES string of the molecule is C=CCN(CC(C)C)C(C#Cc1ccc(-c2ccccc2)cc1)C(C)C. The monoisotopic (exact) mass is 345 g/mol. The summed E-state index contributed by atoms with van der Waals surface area (Å²) in [5.74, 6) is 7.99. The van der Waals surface area contributed by atoms with E-state index in [-0.39, 0.29) is 6.04 Å². The van der Waals surface area contributed by atoms with Crippen molar-refractivity contribution in [1.82, 2.24) is 4.90 Å². The molecule has 2 aromatic carbocycles. The number of hydrogen-bond donors (Lipinski definition) is 0. The van der Waals surface area contributed by atoms with Gasteiger partial charge in [0.15, 0.2) is 0 Å². The highest BCUT2D eigenvalue weighted by molar-refractivity contribution is 5.64. The Kier molecular flexibility index (Phi) is 7.70. The fraction of sp³-hybridized carbons (Fsp3) is 0.360. The van der Waals surface area contributed by atoms with E-state index < -0.39 is 0 Å². The Morgan fingerprint density at radius 2 is 1.54 bits per heavy atom. The van der Waals surface area contributed by atoms with E-state index in [0.717, 1.165) is 18.7 Å². The zero-order chi connectivity index (χ0) is 18.9. The Balaban J connectivity index is 2.19. The highest BCUT2D eigenvalue weighted by Crippen LogP contribution is 2.19. The molecule has 2 aromatic rings. The number of hydrogen-bond acceptors (Lipinski definition) is 1. The molecule has 2 rings (SSSR count). The first kappa shape index (κ1) is 20.0. The molecule has 1 nitrogen and oxygen atoms in total. The van der Waals surface area contributed by atoms with Gasteiger partial charge in [0, 0.05) is 18.7 Å². The lowest BCUT2D eigenvalue weighted by molar-refractivity contribution is 0.195. The van der Waals surface area contributed by atoms with E-state index in [1.54, 1.807) is 0 Å². The molecule has 0 heterocycles. The van der Waals surface area contributed by atoms with E-state index in [0.29, 0.717) is 11.8 Å². The van der Waals surface area contributed by atoms with Crippen molar-refractivity contribution < 1.29 is 0 Å². The predicted molar refractivity (Wildman–Crippen MR) is 114 cm³/mol. The molecule has 0 saturated heterocycles. The smallest absolute Gasteiger partial charge is 0.0744 e. The molecule has 0 amide bonds. The normalized spacial score (nSPS) is 12.1. The van der Waals surface area contributed by atoms with Gasteiger partial charge in [-0.25, -0.2) is 0 Å². The minimum atomic E-state index is 0.240. The lowest BCUT2D eigenvalue weighted by Crippen LogP contribution is -2.40. The van der Waals surface area contributed by atoms with Gasteiger partial charge in [0.1, 0.15) is 0 Å². The fourth-order valence-corrected chi connectivity index (χ4v) is 3.15. The van der Waals surface area contributed by atoms with Crippen LogP contribution >= 0.6 is 0 Å². The van der Waals surface area contributed by atoms with Crippen molar-refractivity contribution in [1.29, 1.82) is 0 Å². The summed E-state index contributed by atoms with van der Waals surface area (Å²) < 4.78 is 0. The second-order valence-electron chi connectivity index (χ2n) is 7.54. The van der Waals surface area contributed by atoms with Gasteiger partial charge < -0.3 is 0 Å². The minimum Gasteiger partial charge on any atom is -0.286 e. The Hall–Kier alpha value is -2.30. The van der Waals surface area contributed by atoms with E-state index in [1.807, 2.05) is 12.1 Å². The first-order valence-electron chi connectivity index (χ1n) is 9.53. The van der Waals surface area contributed by atoms with E-state index in [2.05, 4.69) is 99.5 Å². The summed E-state index contributed by atoms with van der Waals surface area (Å²) in [6.45, 7) is 14.8. The van der Waals surface area contributed by atoms with E-state index in [1.165, 1.54) is 11.1 Å². The standard InChI is InChI=1S/C25H31N/c1-6-18-26(19-20(2)3)25(21(4)5)17-14-22-12-15-24(16-13-22)23-10-8-7-9-11-23/h6-13,15-16,20-21,25H,1,18-19H2,2-5H3. The van der Waals surface area contributed by atoms with Crippen molar-refractivity contribution >= 4 is 0 Å². The molecule has 0 N–H and O–H groups in total. The Labute approximate surface area is 159 Å². The molecule has 0 spiro atoms. The third-order valence-corrected chi connectivity index (χ3v) is 4.34. The fourth-order valence-electron chi connectivity index (χ4n) is 3.15. The summed E-state index contributed by atoms with van der Waals surface area (Å²) in [5, 5.41) is 0. The van der Waals surface area contributed by atoms with Crippen LogP contribution in [0, 0.1) is 23.7 Å². The quantitative estimate of drug-likeness (QED) is 0.448. The van der Waals surface area contributed by atoms with Crippen LogP contribution in [0.15, 0.2) is 67.3 Å². The summed E-state index contributed by atoms with van der Waals surface area (Å²) >= 11 is 0. The average Bonchev–Trinajstić information content (AvgIpc) is 2.62. The topological polar surface area (TPSA) is 3.24 Å². The summed E-state index contributed by atoms with van der Waals surface area (Å²) in [6, 6.07) is 19.2. The number of benzene rings is 2. The molecule has 0 radical (unpaired) electrons. The van der Waals surface area contributed by atoms with Crippen molar-refractivity contribution in [2.45, 2.75) is 33.7 Å². The molecule has 0 aliphatic heterocycles. The lowest BCUT2D eigenvalue weighted by Gasteiger charge is -2.31. The highest BCUT2D eigenvalue weighted by atomic mass is 15.1. The second-order valence-corrected chi connectivity index (χ2v) is 7.54. The minimum absolute atomic E-state index is 0.240. The van der Waals surface area contributed by atoms with Gasteiger partial charge in [-0.05, 0) is 35.1 Å². The third-order valence-electron chi connectivity index (χ3n) is 4.34. The molecule has 0 aliphatic carbocycles. The maximum absolute atomic E-state index is 3.92. The average molecular weight is 346 g/mol.